The van der Waals surface area contributed by atoms with E-state index in [0.29, 0.717) is 40.4 Å². The lowest BCUT2D eigenvalue weighted by Gasteiger charge is -2.29. The van der Waals surface area contributed by atoms with Crippen LogP contribution in [-0.4, -0.2) is 17.0 Å². The largest absolute Gasteiger partial charge is 0.508 e. The number of fused-ring (bicyclic) bond motifs is 1. The van der Waals surface area contributed by atoms with Gasteiger partial charge in [-0.2, -0.15) is 0 Å². The minimum absolute atomic E-state index is 0.108. The number of esters is 1. The Bertz CT molecular complexity index is 1110. The van der Waals surface area contributed by atoms with Crippen molar-refractivity contribution in [1.82, 2.24) is 0 Å². The maximum absolute atomic E-state index is 13.4. The van der Waals surface area contributed by atoms with Crippen molar-refractivity contribution in [3.05, 3.63) is 88.4 Å². The lowest BCUT2D eigenvalue weighted by atomic mass is 9.70. The van der Waals surface area contributed by atoms with Crippen LogP contribution in [0, 0.1) is 0 Å². The number of phenolic OH excluding ortho intramolecular Hbond substituents is 1. The monoisotopic (exact) mass is 421 g/mol. The van der Waals surface area contributed by atoms with Crippen LogP contribution < -0.4 is 10.1 Å². The highest BCUT2D eigenvalue weighted by molar-refractivity contribution is 6.31. The lowest BCUT2D eigenvalue weighted by molar-refractivity contribution is -0.134. The Morgan fingerprint density at radius 1 is 1.03 bits per heavy atom. The second-order valence-electron chi connectivity index (χ2n) is 7.19. The molecule has 3 aromatic rings. The zero-order chi connectivity index (χ0) is 21.3. The molecule has 1 unspecified atom stereocenters. The fourth-order valence-corrected chi connectivity index (χ4v) is 4.06. The summed E-state index contributed by atoms with van der Waals surface area (Å²) in [5.41, 5.74) is 1.63. The number of halogens is 1. The summed E-state index contributed by atoms with van der Waals surface area (Å²) in [5.74, 6) is 0.00926. The number of hydrogen-bond acceptors (Lipinski definition) is 4. The summed E-state index contributed by atoms with van der Waals surface area (Å²) in [7, 11) is 0. The molecular formula is C24H20ClNO4. The maximum Gasteiger partial charge on any atom is 0.311 e. The topological polar surface area (TPSA) is 75.6 Å². The molecule has 152 valence electrons. The molecule has 1 heterocycles. The molecule has 1 aliphatic heterocycles. The van der Waals surface area contributed by atoms with E-state index in [-0.39, 0.29) is 17.6 Å². The molecule has 6 heteroatoms. The Morgan fingerprint density at radius 3 is 2.30 bits per heavy atom. The first-order chi connectivity index (χ1) is 14.4. The molecule has 0 saturated heterocycles. The van der Waals surface area contributed by atoms with E-state index in [4.69, 9.17) is 16.3 Å². The molecule has 30 heavy (non-hydrogen) atoms. The first-order valence-electron chi connectivity index (χ1n) is 9.67. The van der Waals surface area contributed by atoms with E-state index in [1.54, 1.807) is 66.7 Å². The number of rotatable bonds is 5. The average Bonchev–Trinajstić information content (AvgIpc) is 3.01. The van der Waals surface area contributed by atoms with Gasteiger partial charge in [0.2, 0.25) is 5.91 Å². The normalized spacial score (nSPS) is 17.3. The van der Waals surface area contributed by atoms with Crippen LogP contribution in [0.1, 0.15) is 36.5 Å². The van der Waals surface area contributed by atoms with E-state index in [2.05, 4.69) is 5.32 Å². The van der Waals surface area contributed by atoms with Crippen LogP contribution in [0.2, 0.25) is 5.02 Å². The van der Waals surface area contributed by atoms with Crippen molar-refractivity contribution < 1.29 is 19.4 Å². The highest BCUT2D eigenvalue weighted by atomic mass is 35.5. The molecule has 0 saturated carbocycles. The van der Waals surface area contributed by atoms with Crippen molar-refractivity contribution in [1.29, 1.82) is 0 Å². The number of benzene rings is 3. The van der Waals surface area contributed by atoms with Gasteiger partial charge in [-0.1, -0.05) is 42.8 Å². The maximum atomic E-state index is 13.4. The van der Waals surface area contributed by atoms with Crippen LogP contribution in [0.15, 0.2) is 66.7 Å². The van der Waals surface area contributed by atoms with Crippen LogP contribution in [0.3, 0.4) is 0 Å². The van der Waals surface area contributed by atoms with Gasteiger partial charge >= 0.3 is 5.97 Å². The molecule has 0 aliphatic carbocycles. The Kier molecular flexibility index (Phi) is 5.22. The fraction of sp³-hybridized carbons (Fsp3) is 0.167. The van der Waals surface area contributed by atoms with E-state index in [9.17, 15) is 14.7 Å². The molecular weight excluding hydrogens is 402 g/mol. The third-order valence-electron chi connectivity index (χ3n) is 5.25. The summed E-state index contributed by atoms with van der Waals surface area (Å²) in [5, 5.41) is 13.2. The molecule has 1 atom stereocenters. The zero-order valence-corrected chi connectivity index (χ0v) is 17.1. The summed E-state index contributed by atoms with van der Waals surface area (Å²) in [6, 6.07) is 18.7. The van der Waals surface area contributed by atoms with E-state index >= 15 is 0 Å². The summed E-state index contributed by atoms with van der Waals surface area (Å²) < 4.78 is 5.35. The Labute approximate surface area is 179 Å². The van der Waals surface area contributed by atoms with Crippen molar-refractivity contribution in [2.45, 2.75) is 25.2 Å². The quantitative estimate of drug-likeness (QED) is 0.447. The van der Waals surface area contributed by atoms with E-state index in [0.717, 1.165) is 5.56 Å². The van der Waals surface area contributed by atoms with Gasteiger partial charge in [-0.05, 0) is 60.0 Å². The van der Waals surface area contributed by atoms with Crippen LogP contribution in [0.4, 0.5) is 5.69 Å². The SMILES string of the molecule is CCCC(=O)Oc1ccc(C2(c3ccc(O)cc3)C(=O)Nc3ccc(Cl)cc32)cc1. The molecule has 1 aliphatic rings. The predicted octanol–water partition coefficient (Wildman–Crippen LogP) is 5.04. The number of hydrogen-bond donors (Lipinski definition) is 2. The van der Waals surface area contributed by atoms with Crippen molar-refractivity contribution in [3.8, 4) is 11.5 Å². The van der Waals surface area contributed by atoms with Crippen LogP contribution >= 0.6 is 11.6 Å². The highest BCUT2D eigenvalue weighted by Gasteiger charge is 2.49. The van der Waals surface area contributed by atoms with Crippen molar-refractivity contribution in [3.63, 3.8) is 0 Å². The van der Waals surface area contributed by atoms with Gasteiger partial charge in [-0.3, -0.25) is 9.59 Å². The number of carbonyl (C=O) groups excluding carboxylic acids is 2. The molecule has 0 aromatic heterocycles. The van der Waals surface area contributed by atoms with Gasteiger partial charge in [-0.15, -0.1) is 0 Å². The van der Waals surface area contributed by atoms with Gasteiger partial charge in [0.25, 0.3) is 0 Å². The number of ether oxygens (including phenoxy) is 1. The second-order valence-corrected chi connectivity index (χ2v) is 7.63. The summed E-state index contributed by atoms with van der Waals surface area (Å²) in [6.07, 6.45) is 1.05. The van der Waals surface area contributed by atoms with Crippen LogP contribution in [0.5, 0.6) is 11.5 Å². The first kappa shape index (κ1) is 20.0. The van der Waals surface area contributed by atoms with Gasteiger partial charge < -0.3 is 15.2 Å². The third-order valence-corrected chi connectivity index (χ3v) is 5.48. The van der Waals surface area contributed by atoms with Gasteiger partial charge in [0, 0.05) is 22.7 Å². The number of anilines is 1. The fourth-order valence-electron chi connectivity index (χ4n) is 3.88. The van der Waals surface area contributed by atoms with Crippen LogP contribution in [0.25, 0.3) is 0 Å². The Balaban J connectivity index is 1.86. The van der Waals surface area contributed by atoms with Crippen molar-refractivity contribution >= 4 is 29.2 Å². The molecule has 5 nitrogen and oxygen atoms in total. The molecule has 0 bridgehead atoms. The molecule has 2 N–H and O–H groups in total. The van der Waals surface area contributed by atoms with Gasteiger partial charge in [0.1, 0.15) is 16.9 Å². The minimum atomic E-state index is -1.15. The molecule has 3 aromatic carbocycles. The lowest BCUT2D eigenvalue weighted by Crippen LogP contribution is -2.37. The number of amides is 1. The van der Waals surface area contributed by atoms with E-state index in [1.807, 2.05) is 6.92 Å². The van der Waals surface area contributed by atoms with Gasteiger partial charge in [0.15, 0.2) is 0 Å². The number of carbonyl (C=O) groups is 2. The zero-order valence-electron chi connectivity index (χ0n) is 16.3. The standard InChI is InChI=1S/C24H20ClNO4/c1-2-3-22(28)30-19-11-6-16(7-12-19)24(15-4-9-18(27)10-5-15)20-14-17(25)8-13-21(20)26-23(24)29/h4-14,27H,2-3H2,1H3,(H,26,29). The Morgan fingerprint density at radius 2 is 1.67 bits per heavy atom. The van der Waals surface area contributed by atoms with Crippen molar-refractivity contribution in [2.75, 3.05) is 5.32 Å². The number of phenols is 1. The molecule has 0 radical (unpaired) electrons. The molecule has 1 amide bonds. The van der Waals surface area contributed by atoms with Gasteiger partial charge in [-0.25, -0.2) is 0 Å². The Hall–Kier alpha value is -3.31. The number of nitrogens with one attached hydrogen (secondary N) is 1. The average molecular weight is 422 g/mol. The smallest absolute Gasteiger partial charge is 0.311 e. The van der Waals surface area contributed by atoms with E-state index in [1.165, 1.54) is 0 Å². The van der Waals surface area contributed by atoms with Crippen molar-refractivity contribution in [2.24, 2.45) is 0 Å². The molecule has 0 spiro atoms. The van der Waals surface area contributed by atoms with Gasteiger partial charge in [0.05, 0.1) is 0 Å². The van der Waals surface area contributed by atoms with E-state index < -0.39 is 5.41 Å². The van der Waals surface area contributed by atoms with Crippen LogP contribution in [-0.2, 0) is 15.0 Å². The molecule has 4 rings (SSSR count). The minimum Gasteiger partial charge on any atom is -0.508 e. The third kappa shape index (κ3) is 3.31. The number of aromatic hydroxyl groups is 1. The summed E-state index contributed by atoms with van der Waals surface area (Å²) in [6.45, 7) is 1.91. The summed E-state index contributed by atoms with van der Waals surface area (Å²) in [4.78, 5) is 25.2. The first-order valence-corrected chi connectivity index (χ1v) is 10.0. The predicted molar refractivity (Wildman–Crippen MR) is 115 cm³/mol. The highest BCUT2D eigenvalue weighted by Crippen LogP contribution is 2.48. The second kappa shape index (κ2) is 7.84. The summed E-state index contributed by atoms with van der Waals surface area (Å²) >= 11 is 6.27. The molecule has 0 fully saturated rings.